The van der Waals surface area contributed by atoms with Crippen molar-refractivity contribution in [1.82, 2.24) is 0 Å². The smallest absolute Gasteiger partial charge is 0.313 e. The normalized spacial score (nSPS) is 42.7. The molecule has 1 saturated carbocycles. The molecule has 28 heavy (non-hydrogen) atoms. The van der Waals surface area contributed by atoms with Gasteiger partial charge in [-0.1, -0.05) is 6.92 Å². The van der Waals surface area contributed by atoms with Crippen LogP contribution in [-0.4, -0.2) is 41.0 Å². The molecule has 7 nitrogen and oxygen atoms in total. The van der Waals surface area contributed by atoms with Gasteiger partial charge >= 0.3 is 5.97 Å². The number of aliphatic hydroxyl groups is 2. The van der Waals surface area contributed by atoms with Crippen LogP contribution in [0.5, 0.6) is 0 Å². The molecular formula is C21H24O7. The number of ether oxygens (including phenoxy) is 2. The molecule has 4 aliphatic rings. The van der Waals surface area contributed by atoms with Crippen LogP contribution >= 0.6 is 0 Å². The Morgan fingerprint density at radius 1 is 1.32 bits per heavy atom. The number of carbonyl (C=O) groups is 2. The molecular weight excluding hydrogens is 364 g/mol. The number of rotatable bonds is 2. The monoisotopic (exact) mass is 388 g/mol. The number of fused-ring (bicyclic) bond motifs is 1. The first-order valence-electron chi connectivity index (χ1n) is 9.90. The molecule has 2 aliphatic heterocycles. The molecule has 1 aromatic heterocycles. The highest BCUT2D eigenvalue weighted by Gasteiger charge is 2.69. The fourth-order valence-corrected chi connectivity index (χ4v) is 6.16. The van der Waals surface area contributed by atoms with Gasteiger partial charge in [0.05, 0.1) is 24.5 Å². The standard InChI is InChI=1S/C21H24O7/c1-11-15(8-22)21(25)18-13(16(23)10-27-21)3-2-4-14(18)20(11)7-17(28-19(20)24)12-5-6-26-9-12/h5-6,9,11,14-15,17,22,25H,2-4,7-8,10H2,1H3. The highest BCUT2D eigenvalue weighted by atomic mass is 16.6. The van der Waals surface area contributed by atoms with Gasteiger partial charge in [-0.2, -0.15) is 0 Å². The van der Waals surface area contributed by atoms with Crippen LogP contribution in [0.15, 0.2) is 34.2 Å². The van der Waals surface area contributed by atoms with E-state index in [0.29, 0.717) is 30.4 Å². The second-order valence-electron chi connectivity index (χ2n) is 8.52. The first kappa shape index (κ1) is 18.1. The zero-order chi connectivity index (χ0) is 19.7. The number of ketones is 1. The molecule has 150 valence electrons. The summed E-state index contributed by atoms with van der Waals surface area (Å²) in [6, 6.07) is 1.78. The molecule has 7 heteroatoms. The fourth-order valence-electron chi connectivity index (χ4n) is 6.16. The Bertz CT molecular complexity index is 856. The van der Waals surface area contributed by atoms with Crippen molar-refractivity contribution < 1.29 is 33.7 Å². The Balaban J connectivity index is 1.68. The summed E-state index contributed by atoms with van der Waals surface area (Å²) in [6.07, 6.45) is 5.12. The van der Waals surface area contributed by atoms with Crippen molar-refractivity contribution in [2.45, 2.75) is 44.5 Å². The minimum absolute atomic E-state index is 0.136. The number of Topliss-reactive ketones (excluding diaryl/α,β-unsaturated/α-hetero) is 1. The van der Waals surface area contributed by atoms with Gasteiger partial charge in [0, 0.05) is 29.4 Å². The molecule has 0 bridgehead atoms. The summed E-state index contributed by atoms with van der Waals surface area (Å²) in [7, 11) is 0. The van der Waals surface area contributed by atoms with Gasteiger partial charge in [0.15, 0.2) is 11.6 Å². The van der Waals surface area contributed by atoms with Gasteiger partial charge in [0.25, 0.3) is 0 Å². The van der Waals surface area contributed by atoms with Crippen molar-refractivity contribution in [1.29, 1.82) is 0 Å². The largest absolute Gasteiger partial charge is 0.472 e. The van der Waals surface area contributed by atoms with E-state index in [2.05, 4.69) is 0 Å². The average Bonchev–Trinajstić information content (AvgIpc) is 3.33. The number of hydrogen-bond donors (Lipinski definition) is 2. The molecule has 1 saturated heterocycles. The van der Waals surface area contributed by atoms with Gasteiger partial charge < -0.3 is 24.1 Å². The number of aliphatic hydroxyl groups excluding tert-OH is 1. The van der Waals surface area contributed by atoms with Crippen LogP contribution in [0, 0.1) is 23.2 Å². The lowest BCUT2D eigenvalue weighted by Crippen LogP contribution is -2.64. The lowest BCUT2D eigenvalue weighted by atomic mass is 9.49. The van der Waals surface area contributed by atoms with E-state index in [1.54, 1.807) is 18.6 Å². The third-order valence-corrected chi connectivity index (χ3v) is 7.54. The van der Waals surface area contributed by atoms with Gasteiger partial charge in [0.1, 0.15) is 12.7 Å². The van der Waals surface area contributed by atoms with Crippen LogP contribution in [0.1, 0.15) is 44.3 Å². The Morgan fingerprint density at radius 3 is 2.86 bits per heavy atom. The third-order valence-electron chi connectivity index (χ3n) is 7.54. The summed E-state index contributed by atoms with van der Waals surface area (Å²) in [6.45, 7) is 1.34. The maximum Gasteiger partial charge on any atom is 0.313 e. The first-order valence-corrected chi connectivity index (χ1v) is 9.90. The highest BCUT2D eigenvalue weighted by molar-refractivity contribution is 5.99. The van der Waals surface area contributed by atoms with E-state index in [1.165, 1.54) is 0 Å². The van der Waals surface area contributed by atoms with Crippen molar-refractivity contribution in [3.05, 3.63) is 35.3 Å². The van der Waals surface area contributed by atoms with E-state index in [-0.39, 0.29) is 36.8 Å². The van der Waals surface area contributed by atoms with E-state index in [4.69, 9.17) is 13.9 Å². The van der Waals surface area contributed by atoms with Crippen molar-refractivity contribution in [2.24, 2.45) is 23.2 Å². The molecule has 6 unspecified atom stereocenters. The number of esters is 1. The SMILES string of the molecule is CC1C(CO)C2(O)OCC(=O)C3=C2C(CCC3)C12CC(c1ccoc1)OC2=O. The Morgan fingerprint density at radius 2 is 2.14 bits per heavy atom. The molecule has 0 amide bonds. The summed E-state index contributed by atoms with van der Waals surface area (Å²) >= 11 is 0. The van der Waals surface area contributed by atoms with E-state index in [1.807, 2.05) is 6.92 Å². The lowest BCUT2D eigenvalue weighted by molar-refractivity contribution is -0.263. The molecule has 1 spiro atoms. The van der Waals surface area contributed by atoms with Gasteiger partial charge in [0.2, 0.25) is 0 Å². The molecule has 0 radical (unpaired) electrons. The number of carbonyl (C=O) groups excluding carboxylic acids is 2. The summed E-state index contributed by atoms with van der Waals surface area (Å²) in [4.78, 5) is 25.9. The molecule has 0 aromatic carbocycles. The predicted octanol–water partition coefficient (Wildman–Crippen LogP) is 1.90. The Labute approximate surface area is 162 Å². The maximum atomic E-state index is 13.3. The van der Waals surface area contributed by atoms with Crippen LogP contribution in [0.3, 0.4) is 0 Å². The van der Waals surface area contributed by atoms with Gasteiger partial charge in [-0.25, -0.2) is 0 Å². The van der Waals surface area contributed by atoms with Gasteiger partial charge in [-0.05, 0) is 36.8 Å². The predicted molar refractivity (Wildman–Crippen MR) is 94.6 cm³/mol. The molecule has 2 fully saturated rings. The van der Waals surface area contributed by atoms with Crippen LogP contribution in [0.2, 0.25) is 0 Å². The van der Waals surface area contributed by atoms with Crippen molar-refractivity contribution in [2.75, 3.05) is 13.2 Å². The van der Waals surface area contributed by atoms with Crippen molar-refractivity contribution in [3.8, 4) is 0 Å². The third kappa shape index (κ3) is 2.10. The molecule has 2 N–H and O–H groups in total. The molecule has 5 rings (SSSR count). The van der Waals surface area contributed by atoms with Crippen LogP contribution in [0.25, 0.3) is 0 Å². The molecule has 1 aromatic rings. The topological polar surface area (TPSA) is 106 Å². The highest BCUT2D eigenvalue weighted by Crippen LogP contribution is 2.65. The lowest BCUT2D eigenvalue weighted by Gasteiger charge is -2.58. The second-order valence-corrected chi connectivity index (χ2v) is 8.52. The van der Waals surface area contributed by atoms with Gasteiger partial charge in [-0.15, -0.1) is 0 Å². The summed E-state index contributed by atoms with van der Waals surface area (Å²) in [5, 5.41) is 21.6. The first-order chi connectivity index (χ1) is 13.4. The number of cyclic esters (lactones) is 1. The van der Waals surface area contributed by atoms with E-state index in [9.17, 15) is 19.8 Å². The van der Waals surface area contributed by atoms with E-state index in [0.717, 1.165) is 12.0 Å². The molecule has 3 heterocycles. The van der Waals surface area contributed by atoms with Crippen LogP contribution in [-0.2, 0) is 19.1 Å². The maximum absolute atomic E-state index is 13.3. The van der Waals surface area contributed by atoms with Crippen molar-refractivity contribution >= 4 is 11.8 Å². The zero-order valence-electron chi connectivity index (χ0n) is 15.7. The number of furan rings is 1. The van der Waals surface area contributed by atoms with E-state index < -0.39 is 23.2 Å². The minimum Gasteiger partial charge on any atom is -0.472 e. The van der Waals surface area contributed by atoms with Crippen LogP contribution < -0.4 is 0 Å². The minimum atomic E-state index is -1.71. The molecule has 2 aliphatic carbocycles. The summed E-state index contributed by atoms with van der Waals surface area (Å²) < 4.78 is 16.6. The quantitative estimate of drug-likeness (QED) is 0.745. The number of hydrogen-bond acceptors (Lipinski definition) is 7. The van der Waals surface area contributed by atoms with E-state index >= 15 is 0 Å². The van der Waals surface area contributed by atoms with Crippen molar-refractivity contribution in [3.63, 3.8) is 0 Å². The van der Waals surface area contributed by atoms with Crippen LogP contribution in [0.4, 0.5) is 0 Å². The fraction of sp³-hybridized carbons (Fsp3) is 0.619. The van der Waals surface area contributed by atoms with Gasteiger partial charge in [-0.3, -0.25) is 9.59 Å². The Kier molecular flexibility index (Phi) is 3.89. The zero-order valence-corrected chi connectivity index (χ0v) is 15.7. The molecule has 6 atom stereocenters. The second kappa shape index (κ2) is 6.02. The average molecular weight is 388 g/mol. The summed E-state index contributed by atoms with van der Waals surface area (Å²) in [5.74, 6) is -3.61. The summed E-state index contributed by atoms with van der Waals surface area (Å²) in [5.41, 5.74) is 0.967. The Hall–Kier alpha value is -1.96.